The van der Waals surface area contributed by atoms with Gasteiger partial charge in [-0.15, -0.1) is 13.2 Å². The number of para-hydroxylation sites is 1. The van der Waals surface area contributed by atoms with E-state index in [0.29, 0.717) is 11.5 Å². The van der Waals surface area contributed by atoms with E-state index in [0.717, 1.165) is 12.1 Å². The molecule has 1 unspecified atom stereocenters. The molecule has 0 saturated carbocycles. The van der Waals surface area contributed by atoms with Crippen molar-refractivity contribution in [2.45, 2.75) is 39.2 Å². The zero-order valence-electron chi connectivity index (χ0n) is 17.8. The molecule has 0 fully saturated rings. The molecule has 0 aromatic heterocycles. The molecule has 0 heterocycles. The highest BCUT2D eigenvalue weighted by molar-refractivity contribution is 5.86. The fourth-order valence-electron chi connectivity index (χ4n) is 2.62. The minimum atomic E-state index is -4.77. The van der Waals surface area contributed by atoms with E-state index in [1.807, 2.05) is 0 Å². The number of hydrogen-bond acceptors (Lipinski definition) is 5. The molecule has 0 aliphatic rings. The van der Waals surface area contributed by atoms with Gasteiger partial charge in [0.1, 0.15) is 29.9 Å². The molecule has 2 aromatic rings. The van der Waals surface area contributed by atoms with Crippen LogP contribution in [-0.2, 0) is 4.79 Å². The summed E-state index contributed by atoms with van der Waals surface area (Å²) in [5, 5.41) is 5.28. The molecule has 2 N–H and O–H groups in total. The Balaban J connectivity index is 1.84. The Morgan fingerprint density at radius 3 is 2.03 bits per heavy atom. The molecule has 0 saturated heterocycles. The molecule has 2 amide bonds. The van der Waals surface area contributed by atoms with Crippen molar-refractivity contribution in [2.24, 2.45) is 5.92 Å². The predicted octanol–water partition coefficient (Wildman–Crippen LogP) is 4.28. The van der Waals surface area contributed by atoms with E-state index in [4.69, 9.17) is 9.47 Å². The van der Waals surface area contributed by atoms with E-state index < -0.39 is 30.4 Å². The summed E-state index contributed by atoms with van der Waals surface area (Å²) in [6, 6.07) is 12.1. The van der Waals surface area contributed by atoms with Crippen LogP contribution in [0.5, 0.6) is 17.2 Å². The van der Waals surface area contributed by atoms with Gasteiger partial charge in [-0.2, -0.15) is 0 Å². The minimum Gasteiger partial charge on any atom is -0.491 e. The van der Waals surface area contributed by atoms with Crippen molar-refractivity contribution >= 4 is 12.0 Å². The van der Waals surface area contributed by atoms with Crippen LogP contribution in [0.3, 0.4) is 0 Å². The fraction of sp³-hybridized carbons (Fsp3) is 0.364. The first-order valence-electron chi connectivity index (χ1n) is 9.86. The van der Waals surface area contributed by atoms with E-state index in [2.05, 4.69) is 15.4 Å². The van der Waals surface area contributed by atoms with Gasteiger partial charge in [0.05, 0.1) is 6.04 Å². The van der Waals surface area contributed by atoms with Crippen molar-refractivity contribution in [1.29, 1.82) is 0 Å². The molecule has 174 valence electrons. The van der Waals surface area contributed by atoms with Crippen LogP contribution in [0.25, 0.3) is 0 Å². The minimum absolute atomic E-state index is 0.0600. The van der Waals surface area contributed by atoms with Crippen molar-refractivity contribution in [3.05, 3.63) is 54.6 Å². The van der Waals surface area contributed by atoms with Gasteiger partial charge in [-0.3, -0.25) is 4.79 Å². The highest BCUT2D eigenvalue weighted by Crippen LogP contribution is 2.24. The van der Waals surface area contributed by atoms with Gasteiger partial charge in [0.15, 0.2) is 0 Å². The third-order valence-electron chi connectivity index (χ3n) is 4.12. The topological polar surface area (TPSA) is 85.9 Å². The molecule has 0 bridgehead atoms. The summed E-state index contributed by atoms with van der Waals surface area (Å²) < 4.78 is 51.0. The maximum Gasteiger partial charge on any atom is 0.573 e. The van der Waals surface area contributed by atoms with Crippen LogP contribution >= 0.6 is 0 Å². The molecule has 0 aliphatic carbocycles. The van der Waals surface area contributed by atoms with Crippen LogP contribution in [-0.4, -0.2) is 37.1 Å². The molecule has 0 spiro atoms. The second kappa shape index (κ2) is 11.3. The Bertz CT molecular complexity index is 873. The zero-order valence-corrected chi connectivity index (χ0v) is 17.8. The Hall–Kier alpha value is -3.43. The smallest absolute Gasteiger partial charge is 0.491 e. The predicted molar refractivity (Wildman–Crippen MR) is 110 cm³/mol. The zero-order chi connectivity index (χ0) is 23.7. The van der Waals surface area contributed by atoms with Crippen LogP contribution < -0.4 is 24.8 Å². The van der Waals surface area contributed by atoms with E-state index in [9.17, 15) is 22.8 Å². The lowest BCUT2D eigenvalue weighted by atomic mass is 10.0. The molecule has 0 aliphatic heterocycles. The first kappa shape index (κ1) is 24.8. The number of hydrogen-bond donors (Lipinski definition) is 2. The molecular formula is C22H25F3N2O5. The molecule has 2 atom stereocenters. The Kier molecular flexibility index (Phi) is 8.74. The van der Waals surface area contributed by atoms with Crippen LogP contribution in [0.4, 0.5) is 18.0 Å². The van der Waals surface area contributed by atoms with Crippen molar-refractivity contribution in [1.82, 2.24) is 10.6 Å². The second-order valence-corrected chi connectivity index (χ2v) is 7.31. The summed E-state index contributed by atoms with van der Waals surface area (Å²) in [5.41, 5.74) is 0. The molecule has 32 heavy (non-hydrogen) atoms. The van der Waals surface area contributed by atoms with Crippen molar-refractivity contribution in [2.75, 3.05) is 6.61 Å². The average molecular weight is 454 g/mol. The summed E-state index contributed by atoms with van der Waals surface area (Å²) in [7, 11) is 0. The number of nitrogens with one attached hydrogen (secondary N) is 2. The molecule has 0 radical (unpaired) electrons. The number of carbonyl (C=O) groups excluding carboxylic acids is 2. The van der Waals surface area contributed by atoms with Gasteiger partial charge in [0.25, 0.3) is 0 Å². The summed E-state index contributed by atoms with van der Waals surface area (Å²) in [5.74, 6) is -0.339. The number of rotatable bonds is 9. The SMILES string of the molecule is CC(COc1ccc(OC(F)(F)F)cc1)NC(=O)[C@@H](NC(=O)Oc1ccccc1)C(C)C. The second-order valence-electron chi connectivity index (χ2n) is 7.31. The van der Waals surface area contributed by atoms with Gasteiger partial charge in [-0.1, -0.05) is 32.0 Å². The molecule has 10 heteroatoms. The number of amides is 2. The van der Waals surface area contributed by atoms with Crippen LogP contribution in [0.2, 0.25) is 0 Å². The lowest BCUT2D eigenvalue weighted by molar-refractivity contribution is -0.274. The van der Waals surface area contributed by atoms with Crippen molar-refractivity contribution in [3.8, 4) is 17.2 Å². The third kappa shape index (κ3) is 8.75. The number of benzene rings is 2. The Labute approximate surface area is 183 Å². The summed E-state index contributed by atoms with van der Waals surface area (Å²) in [6.07, 6.45) is -5.52. The van der Waals surface area contributed by atoms with Gasteiger partial charge in [-0.25, -0.2) is 4.79 Å². The Morgan fingerprint density at radius 2 is 1.47 bits per heavy atom. The molecule has 2 aromatic carbocycles. The molecular weight excluding hydrogens is 429 g/mol. The summed E-state index contributed by atoms with van der Waals surface area (Å²) in [6.45, 7) is 5.31. The Morgan fingerprint density at radius 1 is 0.875 bits per heavy atom. The van der Waals surface area contributed by atoms with Gasteiger partial charge >= 0.3 is 12.5 Å². The van der Waals surface area contributed by atoms with Crippen molar-refractivity contribution < 1.29 is 37.0 Å². The highest BCUT2D eigenvalue weighted by atomic mass is 19.4. The summed E-state index contributed by atoms with van der Waals surface area (Å²) in [4.78, 5) is 24.7. The van der Waals surface area contributed by atoms with Gasteiger partial charge < -0.3 is 24.8 Å². The fourth-order valence-corrected chi connectivity index (χ4v) is 2.62. The monoisotopic (exact) mass is 454 g/mol. The van der Waals surface area contributed by atoms with Crippen LogP contribution in [0, 0.1) is 5.92 Å². The first-order chi connectivity index (χ1) is 15.0. The lowest BCUT2D eigenvalue weighted by Crippen LogP contribution is -2.53. The number of carbonyl (C=O) groups is 2. The van der Waals surface area contributed by atoms with Gasteiger partial charge in [-0.05, 0) is 49.2 Å². The maximum atomic E-state index is 12.6. The van der Waals surface area contributed by atoms with E-state index in [1.165, 1.54) is 12.1 Å². The molecule has 2 rings (SSSR count). The van der Waals surface area contributed by atoms with E-state index >= 15 is 0 Å². The van der Waals surface area contributed by atoms with Crippen molar-refractivity contribution in [3.63, 3.8) is 0 Å². The third-order valence-corrected chi connectivity index (χ3v) is 4.12. The van der Waals surface area contributed by atoms with Crippen LogP contribution in [0.15, 0.2) is 54.6 Å². The van der Waals surface area contributed by atoms with E-state index in [-0.39, 0.29) is 18.3 Å². The normalized spacial score (nSPS) is 13.1. The number of ether oxygens (including phenoxy) is 3. The number of alkyl halides is 3. The number of halogens is 3. The molecule has 7 nitrogen and oxygen atoms in total. The first-order valence-corrected chi connectivity index (χ1v) is 9.86. The van der Waals surface area contributed by atoms with Gasteiger partial charge in [0, 0.05) is 0 Å². The van der Waals surface area contributed by atoms with Crippen LogP contribution in [0.1, 0.15) is 20.8 Å². The quantitative estimate of drug-likeness (QED) is 0.591. The average Bonchev–Trinajstić information content (AvgIpc) is 2.71. The summed E-state index contributed by atoms with van der Waals surface area (Å²) >= 11 is 0. The maximum absolute atomic E-state index is 12.6. The van der Waals surface area contributed by atoms with Gasteiger partial charge in [0.2, 0.25) is 5.91 Å². The lowest BCUT2D eigenvalue weighted by Gasteiger charge is -2.23. The van der Waals surface area contributed by atoms with E-state index in [1.54, 1.807) is 51.1 Å². The standard InChI is InChI=1S/C22H25F3N2O5/c1-14(2)19(27-21(29)31-17-7-5-4-6-8-17)20(28)26-15(3)13-30-16-9-11-18(12-10-16)32-22(23,24)25/h4-12,14-15,19H,13H2,1-3H3,(H,26,28)(H,27,29)/t15?,19-/m0/s1. The largest absolute Gasteiger partial charge is 0.573 e. The highest BCUT2D eigenvalue weighted by Gasteiger charge is 2.31.